The van der Waals surface area contributed by atoms with Crippen LogP contribution in [-0.4, -0.2) is 37.9 Å². The molecule has 2 aliphatic heterocycles. The molecule has 0 aromatic carbocycles. The molecule has 0 unspecified atom stereocenters. The molecule has 0 aromatic heterocycles. The van der Waals surface area contributed by atoms with Gasteiger partial charge in [0.25, 0.3) is 0 Å². The maximum absolute atomic E-state index is 11.4. The molecule has 2 bridgehead atoms. The Morgan fingerprint density at radius 2 is 2.23 bits per heavy atom. The van der Waals surface area contributed by atoms with Gasteiger partial charge in [-0.25, -0.2) is 0 Å². The van der Waals surface area contributed by atoms with Crippen LogP contribution in [-0.2, 0) is 9.53 Å². The van der Waals surface area contributed by atoms with Crippen molar-refractivity contribution in [3.8, 4) is 0 Å². The van der Waals surface area contributed by atoms with Gasteiger partial charge in [0.05, 0.1) is 12.5 Å². The summed E-state index contributed by atoms with van der Waals surface area (Å²) in [5.41, 5.74) is -0.387. The van der Waals surface area contributed by atoms with Crippen LogP contribution in [0.1, 0.15) is 12.8 Å². The van der Waals surface area contributed by atoms with E-state index in [0.29, 0.717) is 6.54 Å². The third-order valence-corrected chi connectivity index (χ3v) is 3.34. The highest BCUT2D eigenvalue weighted by Gasteiger charge is 2.61. The van der Waals surface area contributed by atoms with Gasteiger partial charge >= 0.3 is 5.97 Å². The molecule has 13 heavy (non-hydrogen) atoms. The van der Waals surface area contributed by atoms with Crippen molar-refractivity contribution in [2.24, 2.45) is 10.8 Å². The SMILES string of the molecule is COC(=O)C12CNCC(CO)(C1)C2. The van der Waals surface area contributed by atoms with Crippen LogP contribution in [0.5, 0.6) is 0 Å². The van der Waals surface area contributed by atoms with Crippen molar-refractivity contribution in [3.63, 3.8) is 0 Å². The lowest BCUT2D eigenvalue weighted by Crippen LogP contribution is -2.66. The highest BCUT2D eigenvalue weighted by molar-refractivity contribution is 5.79. The fraction of sp³-hybridized carbons (Fsp3) is 0.889. The fourth-order valence-corrected chi connectivity index (χ4v) is 2.80. The summed E-state index contributed by atoms with van der Waals surface area (Å²) < 4.78 is 4.76. The summed E-state index contributed by atoms with van der Waals surface area (Å²) >= 11 is 0. The third-order valence-electron chi connectivity index (χ3n) is 3.34. The molecule has 3 fully saturated rings. The van der Waals surface area contributed by atoms with Crippen molar-refractivity contribution in [3.05, 3.63) is 0 Å². The summed E-state index contributed by atoms with van der Waals surface area (Å²) in [6.45, 7) is 1.68. The van der Waals surface area contributed by atoms with Crippen LogP contribution in [0.4, 0.5) is 0 Å². The molecule has 0 spiro atoms. The van der Waals surface area contributed by atoms with Gasteiger partial charge in [-0.2, -0.15) is 0 Å². The van der Waals surface area contributed by atoms with Gasteiger partial charge in [0.2, 0.25) is 0 Å². The molecule has 74 valence electrons. The fourth-order valence-electron chi connectivity index (χ4n) is 2.80. The highest BCUT2D eigenvalue weighted by Crippen LogP contribution is 2.56. The van der Waals surface area contributed by atoms with Crippen molar-refractivity contribution < 1.29 is 14.6 Å². The Balaban J connectivity index is 2.10. The molecule has 0 atom stereocenters. The normalized spacial score (nSPS) is 42.3. The monoisotopic (exact) mass is 185 g/mol. The number of hydrogen-bond donors (Lipinski definition) is 2. The van der Waals surface area contributed by atoms with Crippen LogP contribution in [0, 0.1) is 10.8 Å². The summed E-state index contributed by atoms with van der Waals surface area (Å²) in [4.78, 5) is 11.4. The van der Waals surface area contributed by atoms with E-state index in [1.807, 2.05) is 0 Å². The zero-order chi connectivity index (χ0) is 9.53. The number of carbonyl (C=O) groups excluding carboxylic acids is 1. The predicted octanol–water partition coefficient (Wildman–Crippen LogP) is -0.479. The lowest BCUT2D eigenvalue weighted by Gasteiger charge is -2.58. The van der Waals surface area contributed by atoms with E-state index < -0.39 is 0 Å². The first-order valence-electron chi connectivity index (χ1n) is 4.56. The smallest absolute Gasteiger partial charge is 0.313 e. The van der Waals surface area contributed by atoms with Crippen molar-refractivity contribution in [1.82, 2.24) is 5.32 Å². The van der Waals surface area contributed by atoms with Crippen LogP contribution in [0.3, 0.4) is 0 Å². The molecule has 0 aromatic rings. The second kappa shape index (κ2) is 2.69. The summed E-state index contributed by atoms with van der Waals surface area (Å²) in [5, 5.41) is 12.3. The predicted molar refractivity (Wildman–Crippen MR) is 46.1 cm³/mol. The zero-order valence-electron chi connectivity index (χ0n) is 7.80. The molecule has 0 radical (unpaired) electrons. The molecule has 1 saturated carbocycles. The third kappa shape index (κ3) is 1.09. The number of carbonyl (C=O) groups is 1. The van der Waals surface area contributed by atoms with E-state index in [1.165, 1.54) is 7.11 Å². The second-order valence-electron chi connectivity index (χ2n) is 4.39. The topological polar surface area (TPSA) is 58.6 Å². The average molecular weight is 185 g/mol. The maximum Gasteiger partial charge on any atom is 0.313 e. The van der Waals surface area contributed by atoms with E-state index >= 15 is 0 Å². The van der Waals surface area contributed by atoms with E-state index in [4.69, 9.17) is 9.84 Å². The Hall–Kier alpha value is -0.610. The molecule has 4 nitrogen and oxygen atoms in total. The molecule has 2 heterocycles. The Bertz CT molecular complexity index is 233. The van der Waals surface area contributed by atoms with Crippen LogP contribution < -0.4 is 5.32 Å². The minimum atomic E-state index is -0.338. The van der Waals surface area contributed by atoms with Gasteiger partial charge in [0.1, 0.15) is 0 Å². The summed E-state index contributed by atoms with van der Waals surface area (Å²) in [6.07, 6.45) is 1.55. The van der Waals surface area contributed by atoms with E-state index in [9.17, 15) is 4.79 Å². The Labute approximate surface area is 77.3 Å². The molecule has 1 aliphatic carbocycles. The number of rotatable bonds is 2. The first-order chi connectivity index (χ1) is 6.16. The average Bonchev–Trinajstić information content (AvgIpc) is 2.15. The maximum atomic E-state index is 11.4. The van der Waals surface area contributed by atoms with Gasteiger partial charge in [-0.15, -0.1) is 0 Å². The number of ether oxygens (including phenoxy) is 1. The standard InChI is InChI=1S/C9H15NO3/c1-13-7(12)9-2-8(3-9,6-11)4-10-5-9/h10-11H,2-6H2,1H3. The number of aliphatic hydroxyl groups excluding tert-OH is 1. The molecule has 3 aliphatic rings. The number of piperidine rings is 2. The van der Waals surface area contributed by atoms with Gasteiger partial charge in [-0.1, -0.05) is 0 Å². The molecule has 3 rings (SSSR count). The minimum Gasteiger partial charge on any atom is -0.469 e. The lowest BCUT2D eigenvalue weighted by molar-refractivity contribution is -0.179. The molecule has 2 N–H and O–H groups in total. The quantitative estimate of drug-likeness (QED) is 0.571. The highest BCUT2D eigenvalue weighted by atomic mass is 16.5. The van der Waals surface area contributed by atoms with Crippen molar-refractivity contribution in [2.45, 2.75) is 12.8 Å². The second-order valence-corrected chi connectivity index (χ2v) is 4.39. The van der Waals surface area contributed by atoms with Gasteiger partial charge < -0.3 is 15.2 Å². The molecular weight excluding hydrogens is 170 g/mol. The number of nitrogens with one attached hydrogen (secondary N) is 1. The summed E-state index contributed by atoms with van der Waals surface area (Å²) in [5.74, 6) is -0.135. The van der Waals surface area contributed by atoms with Crippen LogP contribution in [0.2, 0.25) is 0 Å². The zero-order valence-corrected chi connectivity index (χ0v) is 7.80. The van der Waals surface area contributed by atoms with Gasteiger partial charge in [-0.3, -0.25) is 4.79 Å². The van der Waals surface area contributed by atoms with E-state index in [0.717, 1.165) is 19.4 Å². The van der Waals surface area contributed by atoms with Gasteiger partial charge in [0, 0.05) is 25.1 Å². The molecule has 0 amide bonds. The van der Waals surface area contributed by atoms with Crippen LogP contribution in [0.25, 0.3) is 0 Å². The summed E-state index contributed by atoms with van der Waals surface area (Å²) in [6, 6.07) is 0. The van der Waals surface area contributed by atoms with Crippen molar-refractivity contribution in [2.75, 3.05) is 26.8 Å². The number of esters is 1. The van der Waals surface area contributed by atoms with E-state index in [1.54, 1.807) is 0 Å². The molecular formula is C9H15NO3. The van der Waals surface area contributed by atoms with Crippen molar-refractivity contribution in [1.29, 1.82) is 0 Å². The lowest BCUT2D eigenvalue weighted by atomic mass is 9.50. The Morgan fingerprint density at radius 3 is 2.77 bits per heavy atom. The number of fused-ring (bicyclic) bond motifs is 2. The van der Waals surface area contributed by atoms with Gasteiger partial charge in [-0.05, 0) is 12.8 Å². The first-order valence-corrected chi connectivity index (χ1v) is 4.56. The molecule has 4 heteroatoms. The minimum absolute atomic E-state index is 0.0492. The van der Waals surface area contributed by atoms with E-state index in [2.05, 4.69) is 5.32 Å². The number of aliphatic hydroxyl groups is 1. The first kappa shape index (κ1) is 8.97. The number of methoxy groups -OCH3 is 1. The largest absolute Gasteiger partial charge is 0.469 e. The van der Waals surface area contributed by atoms with Crippen LogP contribution in [0.15, 0.2) is 0 Å². The Morgan fingerprint density at radius 1 is 1.54 bits per heavy atom. The van der Waals surface area contributed by atoms with Crippen molar-refractivity contribution >= 4 is 5.97 Å². The van der Waals surface area contributed by atoms with Gasteiger partial charge in [0.15, 0.2) is 0 Å². The number of hydrogen-bond acceptors (Lipinski definition) is 4. The summed E-state index contributed by atoms with van der Waals surface area (Å²) in [7, 11) is 1.42. The molecule has 2 saturated heterocycles. The van der Waals surface area contributed by atoms with E-state index in [-0.39, 0.29) is 23.4 Å². The Kier molecular flexibility index (Phi) is 1.85. The van der Waals surface area contributed by atoms with Crippen LogP contribution >= 0.6 is 0 Å².